The number of nitrogens with zero attached hydrogens (tertiary/aromatic N) is 2. The molecule has 0 unspecified atom stereocenters. The zero-order valence-corrected chi connectivity index (χ0v) is 14.0. The second-order valence-electron chi connectivity index (χ2n) is 5.00. The van der Waals surface area contributed by atoms with Crippen molar-refractivity contribution in [1.29, 1.82) is 0 Å². The summed E-state index contributed by atoms with van der Waals surface area (Å²) in [5.74, 6) is 1.27. The lowest BCUT2D eigenvalue weighted by molar-refractivity contribution is 0.456. The Bertz CT molecular complexity index is 793. The van der Waals surface area contributed by atoms with Gasteiger partial charge in [-0.15, -0.1) is 0 Å². The lowest BCUT2D eigenvalue weighted by atomic mass is 10.1. The molecule has 0 atom stereocenters. The second kappa shape index (κ2) is 7.35. The van der Waals surface area contributed by atoms with E-state index in [0.29, 0.717) is 12.4 Å². The maximum atomic E-state index is 5.95. The van der Waals surface area contributed by atoms with Gasteiger partial charge in [-0.2, -0.15) is 0 Å². The molecule has 2 N–H and O–H groups in total. The van der Waals surface area contributed by atoms with Gasteiger partial charge in [0.25, 0.3) is 0 Å². The molecule has 0 saturated heterocycles. The number of ether oxygens (including phenoxy) is 1. The normalized spacial score (nSPS) is 10.5. The number of aromatic nitrogens is 2. The summed E-state index contributed by atoms with van der Waals surface area (Å²) in [5.41, 5.74) is 8.57. The van der Waals surface area contributed by atoms with Gasteiger partial charge in [-0.05, 0) is 36.7 Å². The van der Waals surface area contributed by atoms with E-state index in [1.165, 1.54) is 6.33 Å². The van der Waals surface area contributed by atoms with Gasteiger partial charge in [0.2, 0.25) is 5.88 Å². The van der Waals surface area contributed by atoms with Crippen LogP contribution < -0.4 is 10.5 Å². The third kappa shape index (κ3) is 3.94. The van der Waals surface area contributed by atoms with Crippen LogP contribution in [-0.4, -0.2) is 16.5 Å². The lowest BCUT2D eigenvalue weighted by Crippen LogP contribution is -2.04. The largest absolute Gasteiger partial charge is 0.439 e. The Labute approximate surface area is 143 Å². The molecule has 4 nitrogen and oxygen atoms in total. The maximum absolute atomic E-state index is 5.95. The average Bonchev–Trinajstić information content (AvgIpc) is 2.59. The molecule has 3 aromatic rings. The molecule has 0 aliphatic heterocycles. The van der Waals surface area contributed by atoms with Crippen LogP contribution in [0.4, 0.5) is 0 Å². The number of hydrogen-bond acceptors (Lipinski definition) is 4. The summed E-state index contributed by atoms with van der Waals surface area (Å²) in [6.07, 6.45) is 2.25. The van der Waals surface area contributed by atoms with Crippen LogP contribution in [0.15, 0.2) is 65.4 Å². The van der Waals surface area contributed by atoms with Gasteiger partial charge in [-0.1, -0.05) is 46.3 Å². The zero-order valence-electron chi connectivity index (χ0n) is 12.4. The Kier molecular flexibility index (Phi) is 5.00. The first-order valence-electron chi connectivity index (χ1n) is 7.30. The van der Waals surface area contributed by atoms with E-state index < -0.39 is 0 Å². The number of benzene rings is 2. The van der Waals surface area contributed by atoms with Crippen LogP contribution in [0.25, 0.3) is 11.3 Å². The zero-order chi connectivity index (χ0) is 16.1. The molecule has 116 valence electrons. The molecule has 2 aromatic carbocycles. The van der Waals surface area contributed by atoms with Crippen molar-refractivity contribution in [1.82, 2.24) is 9.97 Å². The van der Waals surface area contributed by atoms with Gasteiger partial charge in [0, 0.05) is 16.1 Å². The van der Waals surface area contributed by atoms with Crippen LogP contribution in [0, 0.1) is 0 Å². The van der Waals surface area contributed by atoms with Crippen LogP contribution in [0.3, 0.4) is 0 Å². The van der Waals surface area contributed by atoms with Crippen LogP contribution in [0.5, 0.6) is 11.6 Å². The van der Waals surface area contributed by atoms with E-state index >= 15 is 0 Å². The van der Waals surface area contributed by atoms with E-state index in [1.54, 1.807) is 0 Å². The van der Waals surface area contributed by atoms with Gasteiger partial charge in [-0.25, -0.2) is 9.97 Å². The molecule has 5 heteroatoms. The molecule has 0 bridgehead atoms. The van der Waals surface area contributed by atoms with Gasteiger partial charge in [-0.3, -0.25) is 0 Å². The molecular weight excluding hydrogens is 354 g/mol. The third-order valence-electron chi connectivity index (χ3n) is 3.36. The highest BCUT2D eigenvalue weighted by molar-refractivity contribution is 9.10. The fourth-order valence-corrected chi connectivity index (χ4v) is 2.68. The standard InChI is InChI=1S/C18H16BrN3O/c19-15-6-7-17(14(10-15)8-9-20)23-18-11-16(21-12-22-18)13-4-2-1-3-5-13/h1-7,10-12H,8-9,20H2. The highest BCUT2D eigenvalue weighted by Crippen LogP contribution is 2.28. The number of nitrogens with two attached hydrogens (primary N) is 1. The van der Waals surface area contributed by atoms with Crippen LogP contribution in [-0.2, 0) is 6.42 Å². The summed E-state index contributed by atoms with van der Waals surface area (Å²) in [6, 6.07) is 17.7. The Morgan fingerprint density at radius 1 is 1.00 bits per heavy atom. The summed E-state index contributed by atoms with van der Waals surface area (Å²) in [7, 11) is 0. The minimum Gasteiger partial charge on any atom is -0.439 e. The third-order valence-corrected chi connectivity index (χ3v) is 3.86. The summed E-state index contributed by atoms with van der Waals surface area (Å²) in [6.45, 7) is 0.561. The van der Waals surface area contributed by atoms with Crippen molar-refractivity contribution < 1.29 is 4.74 Å². The van der Waals surface area contributed by atoms with Crippen molar-refractivity contribution in [2.45, 2.75) is 6.42 Å². The van der Waals surface area contributed by atoms with E-state index in [4.69, 9.17) is 10.5 Å². The summed E-state index contributed by atoms with van der Waals surface area (Å²) < 4.78 is 6.95. The van der Waals surface area contributed by atoms with Gasteiger partial charge >= 0.3 is 0 Å². The topological polar surface area (TPSA) is 61.0 Å². The van der Waals surface area contributed by atoms with Gasteiger partial charge in [0.05, 0.1) is 5.69 Å². The van der Waals surface area contributed by atoms with Crippen LogP contribution >= 0.6 is 15.9 Å². The Balaban J connectivity index is 1.89. The SMILES string of the molecule is NCCc1cc(Br)ccc1Oc1cc(-c2ccccc2)ncn1. The fourth-order valence-electron chi connectivity index (χ4n) is 2.27. The molecule has 0 fully saturated rings. The molecule has 23 heavy (non-hydrogen) atoms. The predicted molar refractivity (Wildman–Crippen MR) is 94.4 cm³/mol. The highest BCUT2D eigenvalue weighted by atomic mass is 79.9. The minimum atomic E-state index is 0.513. The van der Waals surface area contributed by atoms with Crippen molar-refractivity contribution >= 4 is 15.9 Å². The van der Waals surface area contributed by atoms with E-state index in [0.717, 1.165) is 33.5 Å². The van der Waals surface area contributed by atoms with Gasteiger partial charge in [0.15, 0.2) is 0 Å². The molecule has 0 saturated carbocycles. The molecule has 0 radical (unpaired) electrons. The van der Waals surface area contributed by atoms with Crippen LogP contribution in [0.2, 0.25) is 0 Å². The molecule has 3 rings (SSSR count). The quantitative estimate of drug-likeness (QED) is 0.731. The fraction of sp³-hybridized carbons (Fsp3) is 0.111. The molecule has 0 aliphatic rings. The first-order valence-corrected chi connectivity index (χ1v) is 8.09. The summed E-state index contributed by atoms with van der Waals surface area (Å²) >= 11 is 3.47. The van der Waals surface area contributed by atoms with Crippen molar-refractivity contribution in [3.8, 4) is 22.9 Å². The highest BCUT2D eigenvalue weighted by Gasteiger charge is 2.08. The first kappa shape index (κ1) is 15.6. The molecular formula is C18H16BrN3O. The number of halogens is 1. The Morgan fingerprint density at radius 3 is 2.61 bits per heavy atom. The van der Waals surface area contributed by atoms with Gasteiger partial charge < -0.3 is 10.5 Å². The number of rotatable bonds is 5. The van der Waals surface area contributed by atoms with Crippen molar-refractivity contribution in [3.05, 3.63) is 71.0 Å². The molecule has 1 aromatic heterocycles. The van der Waals surface area contributed by atoms with E-state index in [2.05, 4.69) is 25.9 Å². The smallest absolute Gasteiger partial charge is 0.222 e. The monoisotopic (exact) mass is 369 g/mol. The first-order chi connectivity index (χ1) is 11.3. The second-order valence-corrected chi connectivity index (χ2v) is 5.92. The van der Waals surface area contributed by atoms with Crippen molar-refractivity contribution in [2.24, 2.45) is 5.73 Å². The predicted octanol–water partition coefficient (Wildman–Crippen LogP) is 4.20. The molecule has 0 amide bonds. The summed E-state index contributed by atoms with van der Waals surface area (Å²) in [5, 5.41) is 0. The molecule has 0 spiro atoms. The van der Waals surface area contributed by atoms with Crippen molar-refractivity contribution in [3.63, 3.8) is 0 Å². The summed E-state index contributed by atoms with van der Waals surface area (Å²) in [4.78, 5) is 8.51. The molecule has 0 aliphatic carbocycles. The lowest BCUT2D eigenvalue weighted by Gasteiger charge is -2.11. The minimum absolute atomic E-state index is 0.513. The maximum Gasteiger partial charge on any atom is 0.222 e. The van der Waals surface area contributed by atoms with Crippen molar-refractivity contribution in [2.75, 3.05) is 6.54 Å². The number of hydrogen-bond donors (Lipinski definition) is 1. The van der Waals surface area contributed by atoms with Gasteiger partial charge in [0.1, 0.15) is 12.1 Å². The van der Waals surface area contributed by atoms with E-state index in [9.17, 15) is 0 Å². The van der Waals surface area contributed by atoms with Crippen LogP contribution in [0.1, 0.15) is 5.56 Å². The average molecular weight is 370 g/mol. The Hall–Kier alpha value is -2.24. The van der Waals surface area contributed by atoms with E-state index in [1.807, 2.05) is 54.6 Å². The Morgan fingerprint density at radius 2 is 1.83 bits per heavy atom. The molecule has 1 heterocycles. The van der Waals surface area contributed by atoms with E-state index in [-0.39, 0.29) is 0 Å².